The predicted molar refractivity (Wildman–Crippen MR) is 126 cm³/mol. The first-order valence-corrected chi connectivity index (χ1v) is 10.9. The van der Waals surface area contributed by atoms with E-state index in [1.54, 1.807) is 0 Å². The quantitative estimate of drug-likeness (QED) is 0.611. The van der Waals surface area contributed by atoms with Gasteiger partial charge < -0.3 is 10.1 Å². The summed E-state index contributed by atoms with van der Waals surface area (Å²) in [5, 5.41) is 3.91. The van der Waals surface area contributed by atoms with Crippen molar-refractivity contribution in [2.75, 3.05) is 31.6 Å². The molecule has 1 amide bonds. The number of carbonyl (C=O) groups is 1. The zero-order chi connectivity index (χ0) is 21.6. The average Bonchev–Trinajstić information content (AvgIpc) is 2.75. The Balaban J connectivity index is 1.28. The van der Waals surface area contributed by atoms with Gasteiger partial charge in [-0.25, -0.2) is 0 Å². The molecule has 31 heavy (non-hydrogen) atoms. The van der Waals surface area contributed by atoms with E-state index in [-0.39, 0.29) is 5.91 Å². The number of likely N-dealkylation sites (tertiary alicyclic amines) is 1. The second kappa shape index (κ2) is 9.75. The van der Waals surface area contributed by atoms with Gasteiger partial charge in [0.25, 0.3) is 0 Å². The van der Waals surface area contributed by atoms with Crippen molar-refractivity contribution >= 4 is 28.6 Å². The summed E-state index contributed by atoms with van der Waals surface area (Å²) in [7, 11) is 0. The number of aryl methyl sites for hydroxylation is 1. The number of nitrogens with one attached hydrogen (secondary N) is 1. The predicted octanol–water partition coefficient (Wildman–Crippen LogP) is 5.06. The molecular formula is C26H29N3O2. The zero-order valence-electron chi connectivity index (χ0n) is 18.2. The van der Waals surface area contributed by atoms with Gasteiger partial charge in [-0.05, 0) is 61.7 Å². The van der Waals surface area contributed by atoms with Gasteiger partial charge in [-0.15, -0.1) is 0 Å². The van der Waals surface area contributed by atoms with Crippen molar-refractivity contribution in [3.63, 3.8) is 0 Å². The normalized spacial score (nSPS) is 14.5. The minimum Gasteiger partial charge on any atom is -0.492 e. The van der Waals surface area contributed by atoms with Crippen LogP contribution < -0.4 is 10.1 Å². The van der Waals surface area contributed by atoms with Gasteiger partial charge in [-0.1, -0.05) is 29.8 Å². The Morgan fingerprint density at radius 1 is 1.13 bits per heavy atom. The van der Waals surface area contributed by atoms with E-state index in [2.05, 4.69) is 33.4 Å². The third-order valence-corrected chi connectivity index (χ3v) is 5.57. The number of piperidine rings is 1. The largest absolute Gasteiger partial charge is 0.492 e. The first-order chi connectivity index (χ1) is 15.1. The van der Waals surface area contributed by atoms with E-state index in [1.165, 1.54) is 12.5 Å². The minimum atomic E-state index is -0.0461. The number of nitrogens with zero attached hydrogens (tertiary/aromatic N) is 2. The van der Waals surface area contributed by atoms with Crippen LogP contribution >= 0.6 is 0 Å². The number of amides is 1. The lowest BCUT2D eigenvalue weighted by Gasteiger charge is -2.28. The van der Waals surface area contributed by atoms with Crippen molar-refractivity contribution < 1.29 is 9.53 Å². The minimum absolute atomic E-state index is 0.0461. The Morgan fingerprint density at radius 3 is 2.74 bits per heavy atom. The molecule has 2 heterocycles. The number of aromatic nitrogens is 1. The molecular weight excluding hydrogens is 386 g/mol. The monoisotopic (exact) mass is 415 g/mol. The SMILES string of the molecule is CC(=O)Nc1cccc(C=C2CCN(CCOc3cccc4nc(C)ccc34)CC2)c1. The third kappa shape index (κ3) is 5.70. The fourth-order valence-corrected chi connectivity index (χ4v) is 3.99. The van der Waals surface area contributed by atoms with Gasteiger partial charge in [0.15, 0.2) is 0 Å². The first kappa shape index (κ1) is 21.1. The molecule has 1 aliphatic rings. The molecule has 0 bridgehead atoms. The molecule has 0 unspecified atom stereocenters. The number of hydrogen-bond acceptors (Lipinski definition) is 4. The highest BCUT2D eigenvalue weighted by molar-refractivity contribution is 5.89. The van der Waals surface area contributed by atoms with Crippen molar-refractivity contribution in [3.05, 3.63) is 71.4 Å². The van der Waals surface area contributed by atoms with Gasteiger partial charge in [0.2, 0.25) is 5.91 Å². The van der Waals surface area contributed by atoms with Crippen LogP contribution in [0.2, 0.25) is 0 Å². The van der Waals surface area contributed by atoms with Crippen LogP contribution in [-0.4, -0.2) is 42.0 Å². The van der Waals surface area contributed by atoms with E-state index >= 15 is 0 Å². The summed E-state index contributed by atoms with van der Waals surface area (Å²) in [4.78, 5) is 18.3. The smallest absolute Gasteiger partial charge is 0.221 e. The summed E-state index contributed by atoms with van der Waals surface area (Å²) >= 11 is 0. The van der Waals surface area contributed by atoms with Crippen LogP contribution in [0, 0.1) is 6.92 Å². The van der Waals surface area contributed by atoms with Gasteiger partial charge in [-0.2, -0.15) is 0 Å². The molecule has 0 spiro atoms. The molecule has 0 saturated carbocycles. The number of fused-ring (bicyclic) bond motifs is 1. The van der Waals surface area contributed by atoms with Gasteiger partial charge >= 0.3 is 0 Å². The number of ether oxygens (including phenoxy) is 1. The van der Waals surface area contributed by atoms with Crippen LogP contribution in [-0.2, 0) is 4.79 Å². The second-order valence-corrected chi connectivity index (χ2v) is 8.07. The number of pyridine rings is 1. The molecule has 2 aromatic carbocycles. The fraction of sp³-hybridized carbons (Fsp3) is 0.308. The van der Waals surface area contributed by atoms with E-state index in [9.17, 15) is 4.79 Å². The lowest BCUT2D eigenvalue weighted by Crippen LogP contribution is -2.34. The molecule has 0 radical (unpaired) electrons. The maximum atomic E-state index is 11.3. The van der Waals surface area contributed by atoms with Crippen LogP contribution in [0.25, 0.3) is 17.0 Å². The summed E-state index contributed by atoms with van der Waals surface area (Å²) in [5.74, 6) is 0.858. The maximum absolute atomic E-state index is 11.3. The summed E-state index contributed by atoms with van der Waals surface area (Å²) < 4.78 is 6.10. The van der Waals surface area contributed by atoms with Gasteiger partial charge in [-0.3, -0.25) is 14.7 Å². The van der Waals surface area contributed by atoms with E-state index in [1.807, 2.05) is 49.4 Å². The van der Waals surface area contributed by atoms with Crippen LogP contribution in [0.1, 0.15) is 31.0 Å². The summed E-state index contributed by atoms with van der Waals surface area (Å²) in [6.07, 6.45) is 4.37. The number of benzene rings is 2. The molecule has 4 rings (SSSR count). The summed E-state index contributed by atoms with van der Waals surface area (Å²) in [6, 6.07) is 18.2. The number of anilines is 1. The Bertz CT molecular complexity index is 1100. The zero-order valence-corrected chi connectivity index (χ0v) is 18.2. The van der Waals surface area contributed by atoms with E-state index in [0.717, 1.165) is 66.1 Å². The standard InChI is InChI=1S/C26H29N3O2/c1-19-9-10-24-25(27-19)7-4-8-26(24)31-16-15-29-13-11-21(12-14-29)17-22-5-3-6-23(18-22)28-20(2)30/h3-10,17-18H,11-16H2,1-2H3,(H,28,30). The second-order valence-electron chi connectivity index (χ2n) is 8.07. The van der Waals surface area contributed by atoms with E-state index in [0.29, 0.717) is 6.61 Å². The Labute approximate surface area is 183 Å². The Hall–Kier alpha value is -3.18. The Kier molecular flexibility index (Phi) is 6.63. The molecule has 160 valence electrons. The number of carbonyl (C=O) groups excluding carboxylic acids is 1. The molecule has 1 saturated heterocycles. The molecule has 1 fully saturated rings. The molecule has 0 aliphatic carbocycles. The summed E-state index contributed by atoms with van der Waals surface area (Å²) in [5.41, 5.74) is 5.43. The van der Waals surface area contributed by atoms with Crippen molar-refractivity contribution in [1.29, 1.82) is 0 Å². The molecule has 5 nitrogen and oxygen atoms in total. The van der Waals surface area contributed by atoms with Gasteiger partial charge in [0, 0.05) is 43.3 Å². The van der Waals surface area contributed by atoms with E-state index < -0.39 is 0 Å². The molecule has 1 aromatic heterocycles. The molecule has 1 N–H and O–H groups in total. The highest BCUT2D eigenvalue weighted by atomic mass is 16.5. The van der Waals surface area contributed by atoms with E-state index in [4.69, 9.17) is 4.74 Å². The van der Waals surface area contributed by atoms with Crippen molar-refractivity contribution in [2.24, 2.45) is 0 Å². The van der Waals surface area contributed by atoms with Crippen LogP contribution in [0.5, 0.6) is 5.75 Å². The van der Waals surface area contributed by atoms with Crippen LogP contribution in [0.4, 0.5) is 5.69 Å². The molecule has 3 aromatic rings. The lowest BCUT2D eigenvalue weighted by molar-refractivity contribution is -0.114. The number of rotatable bonds is 6. The maximum Gasteiger partial charge on any atom is 0.221 e. The van der Waals surface area contributed by atoms with Crippen LogP contribution in [0.3, 0.4) is 0 Å². The van der Waals surface area contributed by atoms with Crippen molar-refractivity contribution in [3.8, 4) is 5.75 Å². The average molecular weight is 416 g/mol. The highest BCUT2D eigenvalue weighted by Crippen LogP contribution is 2.25. The summed E-state index contributed by atoms with van der Waals surface area (Å²) in [6.45, 7) is 7.20. The van der Waals surface area contributed by atoms with Crippen molar-refractivity contribution in [2.45, 2.75) is 26.7 Å². The Morgan fingerprint density at radius 2 is 1.94 bits per heavy atom. The first-order valence-electron chi connectivity index (χ1n) is 10.9. The van der Waals surface area contributed by atoms with Gasteiger partial charge in [0.05, 0.1) is 5.52 Å². The fourth-order valence-electron chi connectivity index (χ4n) is 3.99. The lowest BCUT2D eigenvalue weighted by atomic mass is 10.0. The topological polar surface area (TPSA) is 54.5 Å². The van der Waals surface area contributed by atoms with Crippen molar-refractivity contribution in [1.82, 2.24) is 9.88 Å². The van der Waals surface area contributed by atoms with Crippen LogP contribution in [0.15, 0.2) is 60.2 Å². The molecule has 5 heteroatoms. The molecule has 0 atom stereocenters. The van der Waals surface area contributed by atoms with Gasteiger partial charge in [0.1, 0.15) is 12.4 Å². The highest BCUT2D eigenvalue weighted by Gasteiger charge is 2.14. The number of hydrogen-bond donors (Lipinski definition) is 1. The molecule has 1 aliphatic heterocycles. The third-order valence-electron chi connectivity index (χ3n) is 5.57.